The van der Waals surface area contributed by atoms with Gasteiger partial charge in [-0.15, -0.1) is 0 Å². The average Bonchev–Trinajstić information content (AvgIpc) is 2.68. The molecule has 0 spiro atoms. The third kappa shape index (κ3) is 5.92. The molecule has 0 bridgehead atoms. The van der Waals surface area contributed by atoms with Gasteiger partial charge in [-0.1, -0.05) is 48.0 Å². The van der Waals surface area contributed by atoms with Gasteiger partial charge in [-0.3, -0.25) is 9.36 Å². The van der Waals surface area contributed by atoms with Gasteiger partial charge in [-0.25, -0.2) is 0 Å². The second-order valence-corrected chi connectivity index (χ2v) is 12.0. The van der Waals surface area contributed by atoms with Gasteiger partial charge in [-0.05, 0) is 63.4 Å². The zero-order chi connectivity index (χ0) is 21.4. The van der Waals surface area contributed by atoms with E-state index in [-0.39, 0.29) is 5.52 Å². The first-order valence-corrected chi connectivity index (χ1v) is 13.7. The minimum Gasteiger partial charge on any atom is -0.391 e. The van der Waals surface area contributed by atoms with E-state index >= 15 is 0 Å². The topological polar surface area (TPSA) is 52.6 Å². The molecule has 0 aliphatic carbocycles. The molecule has 1 radical (unpaired) electrons. The van der Waals surface area contributed by atoms with Crippen molar-refractivity contribution in [3.8, 4) is 0 Å². The highest BCUT2D eigenvalue weighted by Crippen LogP contribution is 2.33. The highest BCUT2D eigenvalue weighted by Gasteiger charge is 2.39. The maximum Gasteiger partial charge on any atom is 0.372 e. The molecule has 0 aromatic heterocycles. The standard InChI is InChI=1S/C23H32O4PSi/c1-6-26-29(27-7-2,21-12-9-8-10-13-21)15-11-14-28(25)23(24)22-19(4)16-18(3)17-20(22)5/h8-10,12-13,16-17H,6-7,11,14-15H2,1-5H3. The van der Waals surface area contributed by atoms with E-state index < -0.39 is 16.4 Å². The van der Waals surface area contributed by atoms with Gasteiger partial charge in [0.25, 0.3) is 0 Å². The zero-order valence-electron chi connectivity index (χ0n) is 18.2. The van der Waals surface area contributed by atoms with Crippen molar-refractivity contribution >= 4 is 27.1 Å². The fraction of sp³-hybridized carbons (Fsp3) is 0.435. The van der Waals surface area contributed by atoms with E-state index in [1.807, 2.05) is 77.1 Å². The summed E-state index contributed by atoms with van der Waals surface area (Å²) in [6.07, 6.45) is 0.981. The number of carbonyl (C=O) groups is 1. The SMILES string of the molecule is CCO[Si](CCC[P](=O)C(=O)c1c(C)cc(C)cc1C)(OCC)c1ccccc1. The summed E-state index contributed by atoms with van der Waals surface area (Å²) in [5.74, 6) is 0. The fourth-order valence-electron chi connectivity index (χ4n) is 3.85. The molecule has 0 N–H and O–H groups in total. The lowest BCUT2D eigenvalue weighted by Crippen LogP contribution is -2.53. The van der Waals surface area contributed by atoms with Crippen molar-refractivity contribution in [1.29, 1.82) is 0 Å². The Bertz CT molecular complexity index is 822. The van der Waals surface area contributed by atoms with E-state index in [1.165, 1.54) is 0 Å². The van der Waals surface area contributed by atoms with Crippen LogP contribution in [0.3, 0.4) is 0 Å². The number of hydrogen-bond donors (Lipinski definition) is 0. The molecule has 0 saturated carbocycles. The summed E-state index contributed by atoms with van der Waals surface area (Å²) in [6, 6.07) is 14.7. The van der Waals surface area contributed by atoms with Gasteiger partial charge in [0.2, 0.25) is 5.52 Å². The molecule has 0 amide bonds. The van der Waals surface area contributed by atoms with Gasteiger partial charge in [-0.2, -0.15) is 0 Å². The van der Waals surface area contributed by atoms with Gasteiger partial charge < -0.3 is 8.85 Å². The maximum atomic E-state index is 12.8. The fourth-order valence-corrected chi connectivity index (χ4v) is 8.67. The van der Waals surface area contributed by atoms with E-state index in [0.29, 0.717) is 37.4 Å². The van der Waals surface area contributed by atoms with Crippen LogP contribution in [0.25, 0.3) is 0 Å². The lowest BCUT2D eigenvalue weighted by Gasteiger charge is -2.30. The first kappa shape index (κ1) is 23.6. The molecule has 6 heteroatoms. The van der Waals surface area contributed by atoms with Crippen molar-refractivity contribution in [3.63, 3.8) is 0 Å². The predicted octanol–water partition coefficient (Wildman–Crippen LogP) is 5.39. The number of benzene rings is 2. The summed E-state index contributed by atoms with van der Waals surface area (Å²) >= 11 is 0. The van der Waals surface area contributed by atoms with Crippen LogP contribution in [-0.4, -0.2) is 33.5 Å². The number of aryl methyl sites for hydroxylation is 3. The molecule has 157 valence electrons. The summed E-state index contributed by atoms with van der Waals surface area (Å²) in [5.41, 5.74) is 3.27. The first-order chi connectivity index (χ1) is 13.8. The third-order valence-electron chi connectivity index (χ3n) is 4.95. The van der Waals surface area contributed by atoms with Crippen LogP contribution < -0.4 is 5.19 Å². The quantitative estimate of drug-likeness (QED) is 0.353. The Morgan fingerprint density at radius 3 is 2.03 bits per heavy atom. The summed E-state index contributed by atoms with van der Waals surface area (Å²) in [4.78, 5) is 12.8. The van der Waals surface area contributed by atoms with Crippen molar-refractivity contribution in [2.45, 2.75) is 47.1 Å². The molecule has 0 aliphatic rings. The van der Waals surface area contributed by atoms with Crippen LogP contribution in [0.5, 0.6) is 0 Å². The van der Waals surface area contributed by atoms with Crippen LogP contribution in [0.1, 0.15) is 47.3 Å². The first-order valence-electron chi connectivity index (χ1n) is 10.2. The average molecular weight is 432 g/mol. The van der Waals surface area contributed by atoms with Crippen molar-refractivity contribution in [3.05, 3.63) is 64.7 Å². The van der Waals surface area contributed by atoms with Crippen LogP contribution in [0.15, 0.2) is 42.5 Å². The molecule has 2 aromatic carbocycles. The van der Waals surface area contributed by atoms with E-state index in [4.69, 9.17) is 8.85 Å². The van der Waals surface area contributed by atoms with E-state index in [9.17, 15) is 9.36 Å². The molecule has 1 atom stereocenters. The highest BCUT2D eigenvalue weighted by molar-refractivity contribution is 7.64. The van der Waals surface area contributed by atoms with Crippen LogP contribution in [-0.2, 0) is 13.4 Å². The molecular weight excluding hydrogens is 399 g/mol. The Balaban J connectivity index is 2.13. The van der Waals surface area contributed by atoms with E-state index in [2.05, 4.69) is 0 Å². The third-order valence-corrected chi connectivity index (χ3v) is 10.1. The predicted molar refractivity (Wildman–Crippen MR) is 122 cm³/mol. The Hall–Kier alpha value is -1.65. The Kier molecular flexibility index (Phi) is 8.91. The molecule has 0 saturated heterocycles. The summed E-state index contributed by atoms with van der Waals surface area (Å²) < 4.78 is 25.1. The van der Waals surface area contributed by atoms with E-state index in [0.717, 1.165) is 21.9 Å². The molecule has 4 nitrogen and oxygen atoms in total. The minimum atomic E-state index is -2.62. The van der Waals surface area contributed by atoms with Crippen LogP contribution in [0.2, 0.25) is 6.04 Å². The van der Waals surface area contributed by atoms with Gasteiger partial charge in [0.05, 0.1) is 0 Å². The molecule has 0 heterocycles. The number of carbonyl (C=O) groups excluding carboxylic acids is 1. The summed E-state index contributed by atoms with van der Waals surface area (Å²) in [5, 5.41) is 1.08. The Morgan fingerprint density at radius 2 is 1.52 bits per heavy atom. The van der Waals surface area contributed by atoms with Crippen molar-refractivity contribution < 1.29 is 18.2 Å². The van der Waals surface area contributed by atoms with Crippen LogP contribution in [0.4, 0.5) is 0 Å². The monoisotopic (exact) mass is 431 g/mol. The smallest absolute Gasteiger partial charge is 0.372 e. The largest absolute Gasteiger partial charge is 0.391 e. The van der Waals surface area contributed by atoms with E-state index in [1.54, 1.807) is 0 Å². The minimum absolute atomic E-state index is 0.241. The second kappa shape index (κ2) is 10.9. The lowest BCUT2D eigenvalue weighted by molar-refractivity contribution is 0.107. The van der Waals surface area contributed by atoms with Crippen LogP contribution in [0, 0.1) is 20.8 Å². The molecule has 2 aromatic rings. The van der Waals surface area contributed by atoms with Crippen molar-refractivity contribution in [2.75, 3.05) is 19.4 Å². The van der Waals surface area contributed by atoms with Crippen molar-refractivity contribution in [1.82, 2.24) is 0 Å². The van der Waals surface area contributed by atoms with Gasteiger partial charge >= 0.3 is 8.56 Å². The second-order valence-electron chi connectivity index (χ2n) is 7.27. The normalized spacial score (nSPS) is 12.1. The summed E-state index contributed by atoms with van der Waals surface area (Å²) in [6.45, 7) is 10.9. The molecule has 0 aliphatic heterocycles. The molecule has 2 rings (SSSR count). The van der Waals surface area contributed by atoms with Gasteiger partial charge in [0.1, 0.15) is 7.80 Å². The number of rotatable bonds is 11. The Morgan fingerprint density at radius 1 is 0.966 bits per heavy atom. The van der Waals surface area contributed by atoms with Gasteiger partial charge in [0.15, 0.2) is 0 Å². The lowest BCUT2D eigenvalue weighted by atomic mass is 10.0. The summed E-state index contributed by atoms with van der Waals surface area (Å²) in [7, 11) is -4.60. The molecule has 1 unspecified atom stereocenters. The molecule has 0 fully saturated rings. The molecule has 29 heavy (non-hydrogen) atoms. The van der Waals surface area contributed by atoms with Crippen LogP contribution >= 0.6 is 7.80 Å². The van der Waals surface area contributed by atoms with Gasteiger partial charge in [0, 0.05) is 24.9 Å². The zero-order valence-corrected chi connectivity index (χ0v) is 20.1. The Labute approximate surface area is 176 Å². The number of hydrogen-bond acceptors (Lipinski definition) is 4. The highest BCUT2D eigenvalue weighted by atomic mass is 31.1. The molecular formula is C23H32O4PSi. The maximum absolute atomic E-state index is 12.8. The van der Waals surface area contributed by atoms with Crippen molar-refractivity contribution in [2.24, 2.45) is 0 Å².